The largest absolute Gasteiger partial charge is 0.298 e. The number of fused-ring (bicyclic) bond motifs is 3. The molecule has 4 heteroatoms. The summed E-state index contributed by atoms with van der Waals surface area (Å²) < 4.78 is 1.54. The van der Waals surface area contributed by atoms with Crippen LogP contribution in [-0.2, 0) is 15.0 Å². The Morgan fingerprint density at radius 2 is 1.80 bits per heavy atom. The molecule has 0 aliphatic carbocycles. The van der Waals surface area contributed by atoms with Gasteiger partial charge in [0.1, 0.15) is 17.0 Å². The van der Waals surface area contributed by atoms with Crippen molar-refractivity contribution in [3.05, 3.63) is 36.0 Å². The lowest BCUT2D eigenvalue weighted by atomic mass is 9.72. The summed E-state index contributed by atoms with van der Waals surface area (Å²) in [5.41, 5.74) is 0.112. The first-order valence-corrected chi connectivity index (χ1v) is 6.65. The van der Waals surface area contributed by atoms with E-state index in [-0.39, 0.29) is 30.3 Å². The molecule has 0 saturated carbocycles. The second kappa shape index (κ2) is 4.13. The van der Waals surface area contributed by atoms with Crippen LogP contribution in [0.15, 0.2) is 30.3 Å². The van der Waals surface area contributed by atoms with E-state index in [1.54, 1.807) is 10.6 Å². The van der Waals surface area contributed by atoms with E-state index < -0.39 is 5.41 Å². The molecule has 20 heavy (non-hydrogen) atoms. The van der Waals surface area contributed by atoms with Crippen molar-refractivity contribution in [2.24, 2.45) is 0 Å². The summed E-state index contributed by atoms with van der Waals surface area (Å²) in [6, 6.07) is 9.25. The fourth-order valence-corrected chi connectivity index (χ4v) is 3.23. The molecular formula is C16H15NO3. The smallest absolute Gasteiger partial charge is 0.231 e. The van der Waals surface area contributed by atoms with Gasteiger partial charge in [0.2, 0.25) is 5.91 Å². The maximum absolute atomic E-state index is 12.2. The van der Waals surface area contributed by atoms with Crippen molar-refractivity contribution in [3.63, 3.8) is 0 Å². The van der Waals surface area contributed by atoms with E-state index in [1.165, 1.54) is 13.8 Å². The molecule has 102 valence electrons. The highest BCUT2D eigenvalue weighted by Gasteiger charge is 2.48. The molecular weight excluding hydrogens is 254 g/mol. The van der Waals surface area contributed by atoms with Crippen molar-refractivity contribution in [1.29, 1.82) is 0 Å². The van der Waals surface area contributed by atoms with Gasteiger partial charge in [-0.2, -0.15) is 0 Å². The topological polar surface area (TPSA) is 56.1 Å². The number of rotatable bonds is 2. The predicted molar refractivity (Wildman–Crippen MR) is 74.8 cm³/mol. The van der Waals surface area contributed by atoms with Crippen molar-refractivity contribution in [2.45, 2.75) is 32.1 Å². The predicted octanol–water partition coefficient (Wildman–Crippen LogP) is 2.49. The summed E-state index contributed by atoms with van der Waals surface area (Å²) in [6.07, 6.45) is 0.484. The summed E-state index contributed by atoms with van der Waals surface area (Å²) in [6.45, 7) is 2.86. The van der Waals surface area contributed by atoms with Gasteiger partial charge < -0.3 is 0 Å². The number of aromatic nitrogens is 1. The van der Waals surface area contributed by atoms with Crippen LogP contribution < -0.4 is 0 Å². The fraction of sp³-hybridized carbons (Fsp3) is 0.312. The van der Waals surface area contributed by atoms with Gasteiger partial charge in [-0.3, -0.25) is 19.0 Å². The normalized spacial score (nSPS) is 17.0. The molecule has 0 spiro atoms. The first-order valence-electron chi connectivity index (χ1n) is 6.65. The monoisotopic (exact) mass is 269 g/mol. The molecule has 0 amide bonds. The van der Waals surface area contributed by atoms with Crippen LogP contribution in [0.25, 0.3) is 10.9 Å². The number of nitrogens with zero attached hydrogens (tertiary/aromatic N) is 1. The number of benzene rings is 1. The summed E-state index contributed by atoms with van der Waals surface area (Å²) in [5, 5.41) is 0.879. The minimum Gasteiger partial charge on any atom is -0.298 e. The molecule has 0 saturated heterocycles. The van der Waals surface area contributed by atoms with Gasteiger partial charge >= 0.3 is 0 Å². The summed E-state index contributed by atoms with van der Waals surface area (Å²) >= 11 is 0. The third-order valence-electron chi connectivity index (χ3n) is 4.31. The Hall–Kier alpha value is -2.23. The number of Topliss-reactive ketones (excluding diaryl/α,β-unsaturated/α-hetero) is 2. The average molecular weight is 269 g/mol. The van der Waals surface area contributed by atoms with Crippen LogP contribution in [-0.4, -0.2) is 22.0 Å². The van der Waals surface area contributed by atoms with Gasteiger partial charge in [-0.05, 0) is 32.4 Å². The lowest BCUT2D eigenvalue weighted by molar-refractivity contribution is -0.133. The van der Waals surface area contributed by atoms with E-state index in [4.69, 9.17) is 0 Å². The molecule has 0 bridgehead atoms. The number of para-hydroxylation sites is 1. The standard InChI is InChI=1S/C16H15NO3/c1-10(18)16(11(2)19)8-7-15(20)17-13-6-4-3-5-12(13)9-14(16)17/h3-6,9H,7-8H2,1-2H3. The van der Waals surface area contributed by atoms with Crippen molar-refractivity contribution < 1.29 is 14.4 Å². The maximum atomic E-state index is 12.2. The second-order valence-electron chi connectivity index (χ2n) is 5.34. The lowest BCUT2D eigenvalue weighted by Crippen LogP contribution is -2.47. The molecule has 0 atom stereocenters. The number of hydrogen-bond acceptors (Lipinski definition) is 3. The van der Waals surface area contributed by atoms with Gasteiger partial charge in [-0.15, -0.1) is 0 Å². The first kappa shape index (κ1) is 12.8. The minimum absolute atomic E-state index is 0.0562. The number of carbonyl (C=O) groups is 3. The van der Waals surface area contributed by atoms with Gasteiger partial charge in [0.15, 0.2) is 0 Å². The zero-order valence-electron chi connectivity index (χ0n) is 11.5. The van der Waals surface area contributed by atoms with Crippen molar-refractivity contribution in [2.75, 3.05) is 0 Å². The van der Waals surface area contributed by atoms with Gasteiger partial charge in [0.05, 0.1) is 5.52 Å². The van der Waals surface area contributed by atoms with Crippen LogP contribution in [0.3, 0.4) is 0 Å². The zero-order chi connectivity index (χ0) is 14.5. The SMILES string of the molecule is CC(=O)C1(C(C)=O)CCC(=O)n2c1cc1ccccc12. The third-order valence-corrected chi connectivity index (χ3v) is 4.31. The summed E-state index contributed by atoms with van der Waals surface area (Å²) in [4.78, 5) is 36.6. The Bertz CT molecular complexity index is 740. The number of carbonyl (C=O) groups excluding carboxylic acids is 3. The van der Waals surface area contributed by atoms with E-state index in [0.717, 1.165) is 10.9 Å². The zero-order valence-corrected chi connectivity index (χ0v) is 11.5. The Morgan fingerprint density at radius 1 is 1.15 bits per heavy atom. The van der Waals surface area contributed by atoms with E-state index in [2.05, 4.69) is 0 Å². The molecule has 0 N–H and O–H groups in total. The van der Waals surface area contributed by atoms with Crippen LogP contribution in [0.2, 0.25) is 0 Å². The van der Waals surface area contributed by atoms with E-state index in [9.17, 15) is 14.4 Å². The first-order chi connectivity index (χ1) is 9.48. The van der Waals surface area contributed by atoms with Crippen molar-refractivity contribution >= 4 is 28.4 Å². The maximum Gasteiger partial charge on any atom is 0.231 e. The number of ketones is 2. The van der Waals surface area contributed by atoms with Crippen LogP contribution in [0.4, 0.5) is 0 Å². The molecule has 2 heterocycles. The van der Waals surface area contributed by atoms with Crippen molar-refractivity contribution in [3.8, 4) is 0 Å². The molecule has 1 aromatic heterocycles. The van der Waals surface area contributed by atoms with E-state index >= 15 is 0 Å². The highest BCUT2D eigenvalue weighted by Crippen LogP contribution is 2.39. The van der Waals surface area contributed by atoms with Gasteiger partial charge in [-0.25, -0.2) is 0 Å². The highest BCUT2D eigenvalue weighted by atomic mass is 16.2. The Morgan fingerprint density at radius 3 is 2.45 bits per heavy atom. The number of hydrogen-bond donors (Lipinski definition) is 0. The molecule has 2 aromatic rings. The third kappa shape index (κ3) is 1.45. The Balaban J connectivity index is 2.42. The van der Waals surface area contributed by atoms with Crippen LogP contribution in [0.1, 0.15) is 37.2 Å². The molecule has 1 aliphatic rings. The van der Waals surface area contributed by atoms with Crippen molar-refractivity contribution in [1.82, 2.24) is 4.57 Å². The molecule has 0 unspecified atom stereocenters. The van der Waals surface area contributed by atoms with Gasteiger partial charge in [-0.1, -0.05) is 18.2 Å². The highest BCUT2D eigenvalue weighted by molar-refractivity contribution is 6.13. The van der Waals surface area contributed by atoms with E-state index in [1.807, 2.05) is 24.3 Å². The van der Waals surface area contributed by atoms with E-state index in [0.29, 0.717) is 5.69 Å². The second-order valence-corrected chi connectivity index (χ2v) is 5.34. The molecule has 1 aliphatic heterocycles. The fourth-order valence-electron chi connectivity index (χ4n) is 3.23. The molecule has 0 fully saturated rings. The molecule has 4 nitrogen and oxygen atoms in total. The minimum atomic E-state index is -1.17. The van der Waals surface area contributed by atoms with Crippen LogP contribution in [0, 0.1) is 0 Å². The van der Waals surface area contributed by atoms with Crippen LogP contribution >= 0.6 is 0 Å². The summed E-state index contributed by atoms with van der Waals surface area (Å²) in [7, 11) is 0. The molecule has 3 rings (SSSR count). The van der Waals surface area contributed by atoms with Gasteiger partial charge in [0, 0.05) is 17.5 Å². The van der Waals surface area contributed by atoms with Gasteiger partial charge in [0.25, 0.3) is 0 Å². The van der Waals surface area contributed by atoms with Crippen LogP contribution in [0.5, 0.6) is 0 Å². The molecule has 1 aromatic carbocycles. The summed E-state index contributed by atoms with van der Waals surface area (Å²) in [5.74, 6) is -0.442. The Labute approximate surface area is 116 Å². The lowest BCUT2D eigenvalue weighted by Gasteiger charge is -2.33. The molecule has 0 radical (unpaired) electrons. The quantitative estimate of drug-likeness (QED) is 0.787. The average Bonchev–Trinajstić information content (AvgIpc) is 2.78. The Kier molecular flexibility index (Phi) is 2.64.